The Balaban J connectivity index is 1.36. The fraction of sp³-hybridized carbons (Fsp3) is 0.524. The maximum absolute atomic E-state index is 13.1. The van der Waals surface area contributed by atoms with Crippen molar-refractivity contribution in [3.05, 3.63) is 45.6 Å². The summed E-state index contributed by atoms with van der Waals surface area (Å²) in [5.41, 5.74) is 0.240. The molecule has 0 spiro atoms. The maximum Gasteiger partial charge on any atom is 0.346 e. The number of hydrogen-bond acceptors (Lipinski definition) is 7. The summed E-state index contributed by atoms with van der Waals surface area (Å²) >= 11 is 1.54. The largest absolute Gasteiger partial charge is 0.383 e. The van der Waals surface area contributed by atoms with Crippen molar-refractivity contribution in [3.8, 4) is 10.6 Å². The third kappa shape index (κ3) is 3.97. The van der Waals surface area contributed by atoms with Crippen molar-refractivity contribution in [1.82, 2.24) is 24.4 Å². The minimum absolute atomic E-state index is 0.0264. The Labute approximate surface area is 183 Å². The number of piperidine rings is 1. The first-order valence-corrected chi connectivity index (χ1v) is 11.5. The molecule has 4 heterocycles. The summed E-state index contributed by atoms with van der Waals surface area (Å²) < 4.78 is 13.9. The number of likely N-dealkylation sites (tertiary alicyclic amines) is 1. The minimum atomic E-state index is -0.143. The normalized spacial score (nSPS) is 19.1. The summed E-state index contributed by atoms with van der Waals surface area (Å²) in [7, 11) is 1.61. The van der Waals surface area contributed by atoms with Crippen molar-refractivity contribution in [2.45, 2.75) is 44.2 Å². The lowest BCUT2D eigenvalue weighted by atomic mass is 9.96. The predicted octanol–water partition coefficient (Wildman–Crippen LogP) is 2.76. The molecule has 1 saturated carbocycles. The lowest BCUT2D eigenvalue weighted by molar-refractivity contribution is 0.0692. The fourth-order valence-corrected chi connectivity index (χ4v) is 4.83. The SMILES string of the molecule is COCCn1nc(C2CCCN(C(=O)c3cc(-c4cccs4)on3)C2)n(C2CC2)c1=O. The third-order valence-electron chi connectivity index (χ3n) is 5.88. The van der Waals surface area contributed by atoms with Crippen molar-refractivity contribution >= 4 is 17.2 Å². The first-order chi connectivity index (χ1) is 15.2. The van der Waals surface area contributed by atoms with Gasteiger partial charge in [0.05, 0.1) is 18.0 Å². The minimum Gasteiger partial charge on any atom is -0.383 e. The lowest BCUT2D eigenvalue weighted by Gasteiger charge is -2.31. The van der Waals surface area contributed by atoms with Gasteiger partial charge in [-0.25, -0.2) is 9.48 Å². The molecule has 2 aliphatic rings. The van der Waals surface area contributed by atoms with Crippen LogP contribution in [0.1, 0.15) is 54.0 Å². The number of carbonyl (C=O) groups is 1. The second-order valence-electron chi connectivity index (χ2n) is 8.10. The molecule has 1 unspecified atom stereocenters. The molecule has 1 aliphatic heterocycles. The summed E-state index contributed by atoms with van der Waals surface area (Å²) in [6.07, 6.45) is 3.76. The zero-order valence-electron chi connectivity index (χ0n) is 17.4. The van der Waals surface area contributed by atoms with Crippen LogP contribution in [0, 0.1) is 0 Å². The van der Waals surface area contributed by atoms with E-state index >= 15 is 0 Å². The quantitative estimate of drug-likeness (QED) is 0.557. The van der Waals surface area contributed by atoms with Crippen LogP contribution in [-0.4, -0.2) is 57.1 Å². The highest BCUT2D eigenvalue weighted by Crippen LogP contribution is 2.37. The van der Waals surface area contributed by atoms with E-state index in [9.17, 15) is 9.59 Å². The van der Waals surface area contributed by atoms with Gasteiger partial charge < -0.3 is 14.2 Å². The van der Waals surface area contributed by atoms with Crippen LogP contribution in [-0.2, 0) is 11.3 Å². The zero-order chi connectivity index (χ0) is 21.4. The molecule has 3 aromatic heterocycles. The van der Waals surface area contributed by atoms with E-state index in [0.29, 0.717) is 37.7 Å². The molecule has 3 aromatic rings. The van der Waals surface area contributed by atoms with Crippen molar-refractivity contribution < 1.29 is 14.1 Å². The molecular weight excluding hydrogens is 418 g/mol. The van der Waals surface area contributed by atoms with E-state index in [4.69, 9.17) is 9.26 Å². The van der Waals surface area contributed by atoms with Gasteiger partial charge in [-0.05, 0) is 37.1 Å². The van der Waals surface area contributed by atoms with Crippen LogP contribution >= 0.6 is 11.3 Å². The fourth-order valence-electron chi connectivity index (χ4n) is 4.16. The summed E-state index contributed by atoms with van der Waals surface area (Å²) in [6, 6.07) is 5.81. The number of amides is 1. The average Bonchev–Trinajstić information content (AvgIpc) is 3.19. The molecule has 5 rings (SSSR count). The Morgan fingerprint density at radius 1 is 1.35 bits per heavy atom. The van der Waals surface area contributed by atoms with Crippen LogP contribution in [0.2, 0.25) is 0 Å². The van der Waals surface area contributed by atoms with E-state index in [2.05, 4.69) is 10.3 Å². The van der Waals surface area contributed by atoms with Crippen LogP contribution in [0.15, 0.2) is 32.9 Å². The van der Waals surface area contributed by atoms with Gasteiger partial charge in [0.1, 0.15) is 5.82 Å². The van der Waals surface area contributed by atoms with E-state index in [-0.39, 0.29) is 23.6 Å². The Morgan fingerprint density at radius 2 is 2.23 bits per heavy atom. The number of nitrogens with zero attached hydrogens (tertiary/aromatic N) is 5. The molecule has 0 aromatic carbocycles. The molecule has 1 aliphatic carbocycles. The summed E-state index contributed by atoms with van der Waals surface area (Å²) in [5.74, 6) is 1.28. The molecule has 0 N–H and O–H groups in total. The zero-order valence-corrected chi connectivity index (χ0v) is 18.2. The van der Waals surface area contributed by atoms with Gasteiger partial charge in [-0.2, -0.15) is 5.10 Å². The molecule has 1 atom stereocenters. The number of rotatable bonds is 7. The summed E-state index contributed by atoms with van der Waals surface area (Å²) in [5, 5.41) is 10.6. The topological polar surface area (TPSA) is 95.4 Å². The highest BCUT2D eigenvalue weighted by Gasteiger charge is 2.35. The van der Waals surface area contributed by atoms with Gasteiger partial charge in [0.25, 0.3) is 5.91 Å². The number of carbonyl (C=O) groups excluding carboxylic acids is 1. The van der Waals surface area contributed by atoms with Gasteiger partial charge in [-0.15, -0.1) is 11.3 Å². The monoisotopic (exact) mass is 443 g/mol. The molecule has 164 valence electrons. The molecule has 1 saturated heterocycles. The number of methoxy groups -OCH3 is 1. The molecule has 2 fully saturated rings. The molecular formula is C21H25N5O4S. The van der Waals surface area contributed by atoms with Crippen LogP contribution < -0.4 is 5.69 Å². The van der Waals surface area contributed by atoms with Crippen molar-refractivity contribution in [2.24, 2.45) is 0 Å². The highest BCUT2D eigenvalue weighted by atomic mass is 32.1. The van der Waals surface area contributed by atoms with Gasteiger partial charge in [-0.3, -0.25) is 9.36 Å². The molecule has 0 bridgehead atoms. The molecule has 10 heteroatoms. The van der Waals surface area contributed by atoms with Crippen molar-refractivity contribution in [1.29, 1.82) is 0 Å². The van der Waals surface area contributed by atoms with E-state index in [1.54, 1.807) is 29.4 Å². The summed E-state index contributed by atoms with van der Waals surface area (Å²) in [4.78, 5) is 28.7. The molecule has 1 amide bonds. The second kappa shape index (κ2) is 8.43. The van der Waals surface area contributed by atoms with E-state index in [1.807, 2.05) is 22.1 Å². The van der Waals surface area contributed by atoms with E-state index in [1.165, 1.54) is 4.68 Å². The predicted molar refractivity (Wildman–Crippen MR) is 114 cm³/mol. The van der Waals surface area contributed by atoms with Gasteiger partial charge in [0, 0.05) is 38.2 Å². The van der Waals surface area contributed by atoms with Crippen LogP contribution in [0.5, 0.6) is 0 Å². The second-order valence-corrected chi connectivity index (χ2v) is 9.05. The molecule has 31 heavy (non-hydrogen) atoms. The number of hydrogen-bond donors (Lipinski definition) is 0. The van der Waals surface area contributed by atoms with Crippen LogP contribution in [0.3, 0.4) is 0 Å². The van der Waals surface area contributed by atoms with Crippen LogP contribution in [0.25, 0.3) is 10.6 Å². The van der Waals surface area contributed by atoms with Gasteiger partial charge in [0.2, 0.25) is 0 Å². The molecule has 0 radical (unpaired) electrons. The third-order valence-corrected chi connectivity index (χ3v) is 6.77. The standard InChI is InChI=1S/C21H25N5O4S/c1-29-10-9-25-21(28)26(15-6-7-15)19(22-25)14-4-2-8-24(13-14)20(27)16-12-17(30-23-16)18-5-3-11-31-18/h3,5,11-12,14-15H,2,4,6-10,13H2,1H3. The molecule has 9 nitrogen and oxygen atoms in total. The van der Waals surface area contributed by atoms with E-state index in [0.717, 1.165) is 36.4 Å². The number of thiophene rings is 1. The van der Waals surface area contributed by atoms with E-state index < -0.39 is 0 Å². The highest BCUT2D eigenvalue weighted by molar-refractivity contribution is 7.13. The number of aromatic nitrogens is 4. The summed E-state index contributed by atoms with van der Waals surface area (Å²) in [6.45, 7) is 2.05. The van der Waals surface area contributed by atoms with Gasteiger partial charge in [-0.1, -0.05) is 11.2 Å². The van der Waals surface area contributed by atoms with Crippen molar-refractivity contribution in [2.75, 3.05) is 26.8 Å². The van der Waals surface area contributed by atoms with Crippen LogP contribution in [0.4, 0.5) is 0 Å². The Bertz CT molecular complexity index is 1110. The first kappa shape index (κ1) is 20.2. The van der Waals surface area contributed by atoms with Gasteiger partial charge in [0.15, 0.2) is 11.5 Å². The van der Waals surface area contributed by atoms with Gasteiger partial charge >= 0.3 is 5.69 Å². The Morgan fingerprint density at radius 3 is 2.97 bits per heavy atom. The number of ether oxygens (including phenoxy) is 1. The average molecular weight is 444 g/mol. The lowest BCUT2D eigenvalue weighted by Crippen LogP contribution is -2.40. The maximum atomic E-state index is 13.1. The Hall–Kier alpha value is -2.72. The Kier molecular flexibility index (Phi) is 5.49. The first-order valence-electron chi connectivity index (χ1n) is 10.6. The smallest absolute Gasteiger partial charge is 0.346 e. The van der Waals surface area contributed by atoms with Crippen molar-refractivity contribution in [3.63, 3.8) is 0 Å².